The zero-order valence-electron chi connectivity index (χ0n) is 23.6. The Balaban J connectivity index is 1.58. The Hall–Kier alpha value is -3.96. The summed E-state index contributed by atoms with van der Waals surface area (Å²) in [5.74, 6) is -2.68. The fourth-order valence-corrected chi connectivity index (χ4v) is 8.72. The summed E-state index contributed by atoms with van der Waals surface area (Å²) >= 11 is 4.43. The lowest BCUT2D eigenvalue weighted by atomic mass is 9.60. The minimum absolute atomic E-state index is 0.299. The molecule has 0 bridgehead atoms. The van der Waals surface area contributed by atoms with Crippen LogP contribution in [0.25, 0.3) is 0 Å². The molecule has 8 rings (SSSR count). The molecule has 1 fully saturated rings. The van der Waals surface area contributed by atoms with Crippen LogP contribution >= 0.6 is 45.2 Å². The first-order chi connectivity index (χ1) is 21.8. The van der Waals surface area contributed by atoms with Crippen molar-refractivity contribution in [3.63, 3.8) is 0 Å². The van der Waals surface area contributed by atoms with Crippen molar-refractivity contribution in [3.05, 3.63) is 168 Å². The van der Waals surface area contributed by atoms with Gasteiger partial charge in [-0.05, 0) is 92.7 Å². The van der Waals surface area contributed by atoms with Gasteiger partial charge in [-0.2, -0.15) is 0 Å². The van der Waals surface area contributed by atoms with Crippen LogP contribution in [0, 0.1) is 12.6 Å². The Bertz CT molecular complexity index is 2000. The van der Waals surface area contributed by atoms with E-state index in [1.807, 2.05) is 83.8 Å². The monoisotopic (exact) mass is 811 g/mol. The molecule has 1 heterocycles. The number of carbonyl (C=O) groups is 4. The van der Waals surface area contributed by atoms with Crippen molar-refractivity contribution in [1.29, 1.82) is 0 Å². The fraction of sp³-hybridized carbons (Fsp3) is 0.105. The first-order valence-corrected chi connectivity index (χ1v) is 16.7. The van der Waals surface area contributed by atoms with Crippen LogP contribution in [0.5, 0.6) is 0 Å². The summed E-state index contributed by atoms with van der Waals surface area (Å²) in [7, 11) is 0. The molecule has 2 spiro atoms. The minimum Gasteiger partial charge on any atom is -0.343 e. The van der Waals surface area contributed by atoms with Crippen molar-refractivity contribution < 1.29 is 19.2 Å². The van der Waals surface area contributed by atoms with Crippen LogP contribution < -0.4 is 4.90 Å². The van der Waals surface area contributed by atoms with Gasteiger partial charge >= 0.3 is 0 Å². The van der Waals surface area contributed by atoms with E-state index >= 15 is 19.2 Å². The van der Waals surface area contributed by atoms with Crippen molar-refractivity contribution in [3.8, 4) is 0 Å². The second-order valence-electron chi connectivity index (χ2n) is 11.7. The number of halogens is 2. The molecule has 1 saturated heterocycles. The molecule has 45 heavy (non-hydrogen) atoms. The van der Waals surface area contributed by atoms with E-state index in [4.69, 9.17) is 0 Å². The molecule has 5 aromatic carbocycles. The van der Waals surface area contributed by atoms with Gasteiger partial charge in [-0.3, -0.25) is 19.2 Å². The third-order valence-corrected chi connectivity index (χ3v) is 11.1. The number of nitrogens with zero attached hydrogens (tertiary/aromatic N) is 1. The topological polar surface area (TPSA) is 71.5 Å². The molecular formula is C38H23I2NO4. The van der Waals surface area contributed by atoms with Gasteiger partial charge in [0.05, 0.1) is 6.04 Å². The smallest absolute Gasteiger partial charge is 0.197 e. The van der Waals surface area contributed by atoms with E-state index in [2.05, 4.69) is 45.2 Å². The predicted molar refractivity (Wildman–Crippen MR) is 188 cm³/mol. The number of anilines is 1. The number of Topliss-reactive ketones (excluding diaryl/α,β-unsaturated/α-hetero) is 4. The fourth-order valence-electron chi connectivity index (χ4n) is 8.00. The number of benzene rings is 5. The molecule has 0 saturated carbocycles. The SMILES string of the molecule is O=C1c2ccccc2C(=O)C12[C@@H](c1ccc(I)cc1)N(c1ccccc1)C1(C(=O)c3ccccc3C1=O)[C@H]2c1ccc(I)cc1. The molecule has 0 aromatic heterocycles. The summed E-state index contributed by atoms with van der Waals surface area (Å²) in [4.78, 5) is 62.8. The molecule has 0 amide bonds. The number of fused-ring (bicyclic) bond motifs is 2. The maximum atomic E-state index is 15.3. The number of carbonyl (C=O) groups excluding carboxylic acids is 4. The van der Waals surface area contributed by atoms with Gasteiger partial charge < -0.3 is 4.90 Å². The highest BCUT2D eigenvalue weighted by Crippen LogP contribution is 2.69. The van der Waals surface area contributed by atoms with Gasteiger partial charge in [-0.1, -0.05) is 91.0 Å². The third-order valence-electron chi connectivity index (χ3n) is 9.64. The quantitative estimate of drug-likeness (QED) is 0.136. The van der Waals surface area contributed by atoms with Gasteiger partial charge in [-0.25, -0.2) is 0 Å². The largest absolute Gasteiger partial charge is 0.343 e. The van der Waals surface area contributed by atoms with Crippen LogP contribution in [0.4, 0.5) is 5.69 Å². The predicted octanol–water partition coefficient (Wildman–Crippen LogP) is 8.12. The number of hydrogen-bond acceptors (Lipinski definition) is 5. The molecule has 5 aromatic rings. The number of hydrogen-bond donors (Lipinski definition) is 0. The van der Waals surface area contributed by atoms with Gasteiger partial charge in [0.1, 0.15) is 5.41 Å². The number of para-hydroxylation sites is 1. The lowest BCUT2D eigenvalue weighted by molar-refractivity contribution is 0.0619. The van der Waals surface area contributed by atoms with Crippen LogP contribution in [0.15, 0.2) is 127 Å². The van der Waals surface area contributed by atoms with Crippen molar-refractivity contribution >= 4 is 74.0 Å². The molecule has 0 N–H and O–H groups in total. The first kappa shape index (κ1) is 28.5. The summed E-state index contributed by atoms with van der Waals surface area (Å²) in [6, 6.07) is 37.2. The zero-order valence-corrected chi connectivity index (χ0v) is 27.9. The standard InChI is InChI=1S/C38H23I2NO4/c39-24-18-14-22(15-19-24)31-37(33(42)27-10-4-5-11-28(27)34(37)43)32(23-16-20-25(40)21-17-23)41(26-8-2-1-3-9-26)38(31)35(44)29-12-6-7-13-30(29)36(38)45/h1-21,31-32H/t31-,32+/m0/s1. The Kier molecular flexibility index (Phi) is 6.51. The Morgan fingerprint density at radius 1 is 0.467 bits per heavy atom. The van der Waals surface area contributed by atoms with Crippen LogP contribution in [0.1, 0.15) is 64.5 Å². The minimum atomic E-state index is -1.92. The normalized spacial score (nSPS) is 20.7. The van der Waals surface area contributed by atoms with E-state index in [1.54, 1.807) is 48.5 Å². The van der Waals surface area contributed by atoms with E-state index in [1.165, 1.54) is 0 Å². The molecule has 5 nitrogen and oxygen atoms in total. The van der Waals surface area contributed by atoms with Gasteiger partial charge in [-0.15, -0.1) is 0 Å². The van der Waals surface area contributed by atoms with E-state index in [-0.39, 0.29) is 11.6 Å². The lowest BCUT2D eigenvalue weighted by Gasteiger charge is -2.40. The molecule has 0 radical (unpaired) electrons. The third kappa shape index (κ3) is 3.65. The van der Waals surface area contributed by atoms with Crippen molar-refractivity contribution in [2.75, 3.05) is 4.90 Å². The Morgan fingerprint density at radius 2 is 0.867 bits per heavy atom. The van der Waals surface area contributed by atoms with E-state index < -0.39 is 34.5 Å². The molecular weight excluding hydrogens is 788 g/mol. The van der Waals surface area contributed by atoms with Crippen LogP contribution in [-0.2, 0) is 0 Å². The zero-order chi connectivity index (χ0) is 31.1. The highest BCUT2D eigenvalue weighted by molar-refractivity contribution is 14.1. The molecule has 218 valence electrons. The Labute approximate surface area is 286 Å². The molecule has 1 aliphatic heterocycles. The van der Waals surface area contributed by atoms with E-state index in [0.29, 0.717) is 39.1 Å². The van der Waals surface area contributed by atoms with Crippen molar-refractivity contribution in [2.45, 2.75) is 17.5 Å². The van der Waals surface area contributed by atoms with Crippen LogP contribution in [0.2, 0.25) is 0 Å². The highest BCUT2D eigenvalue weighted by atomic mass is 127. The van der Waals surface area contributed by atoms with Crippen molar-refractivity contribution in [1.82, 2.24) is 0 Å². The average molecular weight is 811 g/mol. The Morgan fingerprint density at radius 3 is 1.33 bits per heavy atom. The van der Waals surface area contributed by atoms with Crippen LogP contribution in [0.3, 0.4) is 0 Å². The van der Waals surface area contributed by atoms with E-state index in [9.17, 15) is 0 Å². The lowest BCUT2D eigenvalue weighted by Crippen LogP contribution is -2.57. The summed E-state index contributed by atoms with van der Waals surface area (Å²) < 4.78 is 1.93. The van der Waals surface area contributed by atoms with Crippen molar-refractivity contribution in [2.24, 2.45) is 5.41 Å². The molecule has 2 atom stereocenters. The molecule has 0 unspecified atom stereocenters. The summed E-state index contributed by atoms with van der Waals surface area (Å²) in [6.45, 7) is 0. The number of ketones is 4. The van der Waals surface area contributed by atoms with Gasteiger partial charge in [0.25, 0.3) is 0 Å². The van der Waals surface area contributed by atoms with Gasteiger partial charge in [0, 0.05) is 41.0 Å². The molecule has 3 aliphatic rings. The van der Waals surface area contributed by atoms with Crippen LogP contribution in [-0.4, -0.2) is 28.7 Å². The number of rotatable bonds is 3. The average Bonchev–Trinajstić information content (AvgIpc) is 3.57. The van der Waals surface area contributed by atoms with Gasteiger partial charge in [0.15, 0.2) is 28.7 Å². The maximum Gasteiger partial charge on any atom is 0.197 e. The second kappa shape index (κ2) is 10.3. The first-order valence-electron chi connectivity index (χ1n) is 14.6. The highest BCUT2D eigenvalue weighted by Gasteiger charge is 2.80. The maximum absolute atomic E-state index is 15.3. The van der Waals surface area contributed by atoms with E-state index in [0.717, 1.165) is 7.14 Å². The summed E-state index contributed by atoms with van der Waals surface area (Å²) in [5, 5.41) is 0. The molecule has 7 heteroatoms. The van der Waals surface area contributed by atoms with Gasteiger partial charge in [0.2, 0.25) is 0 Å². The second-order valence-corrected chi connectivity index (χ2v) is 14.2. The summed E-state index contributed by atoms with van der Waals surface area (Å²) in [6.07, 6.45) is 0. The summed E-state index contributed by atoms with van der Waals surface area (Å²) in [5.41, 5.74) is -0.667. The molecule has 2 aliphatic carbocycles.